The fourth-order valence-electron chi connectivity index (χ4n) is 1.16. The highest BCUT2D eigenvalue weighted by molar-refractivity contribution is 14.1. The minimum absolute atomic E-state index is 0.0189. The molecule has 1 heterocycles. The van der Waals surface area contributed by atoms with Gasteiger partial charge in [0, 0.05) is 12.6 Å². The van der Waals surface area contributed by atoms with E-state index in [9.17, 15) is 8.78 Å². The predicted molar refractivity (Wildman–Crippen MR) is 50.9 cm³/mol. The van der Waals surface area contributed by atoms with E-state index in [1.807, 2.05) is 0 Å². The van der Waals surface area contributed by atoms with Crippen LogP contribution in [0.1, 0.15) is 5.56 Å². The Bertz CT molecular complexity index is 374. The van der Waals surface area contributed by atoms with Crippen LogP contribution in [0.3, 0.4) is 0 Å². The molecule has 1 aromatic carbocycles. The number of rotatable bonds is 0. The van der Waals surface area contributed by atoms with Gasteiger partial charge in [0.15, 0.2) is 5.82 Å². The molecule has 0 aliphatic carbocycles. The van der Waals surface area contributed by atoms with Crippen LogP contribution in [0, 0.1) is 15.2 Å². The van der Waals surface area contributed by atoms with Crippen molar-refractivity contribution in [3.63, 3.8) is 0 Å². The van der Waals surface area contributed by atoms with Gasteiger partial charge >= 0.3 is 0 Å². The molecule has 0 spiro atoms. The van der Waals surface area contributed by atoms with Crippen molar-refractivity contribution in [3.05, 3.63) is 26.8 Å². The normalized spacial score (nSPS) is 13.6. The molecule has 0 unspecified atom stereocenters. The fourth-order valence-corrected chi connectivity index (χ4v) is 1.58. The summed E-state index contributed by atoms with van der Waals surface area (Å²) in [7, 11) is 0. The molecule has 0 atom stereocenters. The zero-order valence-corrected chi connectivity index (χ0v) is 8.10. The molecule has 1 aromatic rings. The second kappa shape index (κ2) is 2.76. The molecule has 0 bridgehead atoms. The molecular weight excluding hydrogens is 275 g/mol. The number of hydrogen-bond donors (Lipinski definition) is 0. The molecular formula is C8H4F2IN. The summed E-state index contributed by atoms with van der Waals surface area (Å²) in [6.07, 6.45) is 2.11. The largest absolute Gasteiger partial charge is 0.257 e. The van der Waals surface area contributed by atoms with E-state index in [2.05, 4.69) is 4.99 Å². The molecule has 0 saturated heterocycles. The second-order valence-corrected chi connectivity index (χ2v) is 3.59. The number of hydrogen-bond acceptors (Lipinski definition) is 1. The maximum absolute atomic E-state index is 13.2. The van der Waals surface area contributed by atoms with Crippen LogP contribution in [0.4, 0.5) is 14.5 Å². The van der Waals surface area contributed by atoms with Crippen LogP contribution in [0.15, 0.2) is 11.1 Å². The summed E-state index contributed by atoms with van der Waals surface area (Å²) in [5, 5.41) is 0. The molecule has 0 amide bonds. The van der Waals surface area contributed by atoms with Crippen molar-refractivity contribution in [2.45, 2.75) is 6.42 Å². The number of fused-ring (bicyclic) bond motifs is 1. The molecule has 0 fully saturated rings. The summed E-state index contributed by atoms with van der Waals surface area (Å²) < 4.78 is 26.2. The molecule has 1 aliphatic rings. The van der Waals surface area contributed by atoms with Crippen molar-refractivity contribution >= 4 is 34.5 Å². The van der Waals surface area contributed by atoms with Crippen molar-refractivity contribution in [2.24, 2.45) is 4.99 Å². The van der Waals surface area contributed by atoms with Crippen LogP contribution in [0.2, 0.25) is 0 Å². The third kappa shape index (κ3) is 1.05. The lowest BCUT2D eigenvalue weighted by atomic mass is 10.1. The van der Waals surface area contributed by atoms with Gasteiger partial charge < -0.3 is 0 Å². The summed E-state index contributed by atoms with van der Waals surface area (Å²) in [5.41, 5.74) is 0.922. The highest BCUT2D eigenvalue weighted by Gasteiger charge is 2.17. The Morgan fingerprint density at radius 3 is 2.92 bits per heavy atom. The van der Waals surface area contributed by atoms with Crippen molar-refractivity contribution in [1.29, 1.82) is 0 Å². The third-order valence-corrected chi connectivity index (χ3v) is 2.74. The predicted octanol–water partition coefficient (Wildman–Crippen LogP) is 2.83. The van der Waals surface area contributed by atoms with Gasteiger partial charge in [-0.1, -0.05) is 0 Å². The molecule has 4 heteroatoms. The first-order valence-corrected chi connectivity index (χ1v) is 4.47. The Kier molecular flexibility index (Phi) is 1.86. The summed E-state index contributed by atoms with van der Waals surface area (Å²) in [4.78, 5) is 3.83. The van der Waals surface area contributed by atoms with Crippen LogP contribution in [-0.2, 0) is 6.42 Å². The Labute approximate surface area is 81.6 Å². The average Bonchev–Trinajstić information content (AvgIpc) is 2.48. The van der Waals surface area contributed by atoms with Crippen LogP contribution >= 0.6 is 22.6 Å². The molecule has 12 heavy (non-hydrogen) atoms. The SMILES string of the molecule is Fc1cc2c(c(F)c1I)N=CC2. The van der Waals surface area contributed by atoms with Crippen molar-refractivity contribution in [3.8, 4) is 0 Å². The first-order chi connectivity index (χ1) is 5.70. The first kappa shape index (κ1) is 8.10. The van der Waals surface area contributed by atoms with Crippen LogP contribution in [0.5, 0.6) is 0 Å². The van der Waals surface area contributed by atoms with E-state index < -0.39 is 11.6 Å². The maximum atomic E-state index is 13.2. The van der Waals surface area contributed by atoms with Gasteiger partial charge in [0.2, 0.25) is 0 Å². The van der Waals surface area contributed by atoms with Gasteiger partial charge in [-0.3, -0.25) is 4.99 Å². The lowest BCUT2D eigenvalue weighted by Crippen LogP contribution is -1.91. The lowest BCUT2D eigenvalue weighted by molar-refractivity contribution is 0.571. The Morgan fingerprint density at radius 2 is 2.17 bits per heavy atom. The number of aliphatic imine (C=N–C) groups is 1. The fraction of sp³-hybridized carbons (Fsp3) is 0.125. The summed E-state index contributed by atoms with van der Waals surface area (Å²) in [6, 6.07) is 1.34. The van der Waals surface area contributed by atoms with E-state index in [-0.39, 0.29) is 3.57 Å². The number of nitrogens with zero attached hydrogens (tertiary/aromatic N) is 1. The minimum Gasteiger partial charge on any atom is -0.257 e. The molecule has 0 aromatic heterocycles. The van der Waals surface area contributed by atoms with E-state index in [0.717, 1.165) is 0 Å². The van der Waals surface area contributed by atoms with Crippen molar-refractivity contribution in [2.75, 3.05) is 0 Å². The third-order valence-electron chi connectivity index (χ3n) is 1.75. The number of benzene rings is 1. The molecule has 1 aliphatic heterocycles. The maximum Gasteiger partial charge on any atom is 0.165 e. The summed E-state index contributed by atoms with van der Waals surface area (Å²) in [6.45, 7) is 0. The lowest BCUT2D eigenvalue weighted by Gasteiger charge is -2.01. The van der Waals surface area contributed by atoms with Gasteiger partial charge in [0.25, 0.3) is 0 Å². The van der Waals surface area contributed by atoms with Crippen molar-refractivity contribution in [1.82, 2.24) is 0 Å². The topological polar surface area (TPSA) is 12.4 Å². The van der Waals surface area contributed by atoms with Crippen LogP contribution < -0.4 is 0 Å². The average molecular weight is 279 g/mol. The van der Waals surface area contributed by atoms with E-state index in [1.165, 1.54) is 6.07 Å². The van der Waals surface area contributed by atoms with Crippen LogP contribution in [-0.4, -0.2) is 6.21 Å². The molecule has 1 nitrogen and oxygen atoms in total. The van der Waals surface area contributed by atoms with E-state index in [4.69, 9.17) is 0 Å². The van der Waals surface area contributed by atoms with Gasteiger partial charge in [-0.15, -0.1) is 0 Å². The van der Waals surface area contributed by atoms with E-state index in [1.54, 1.807) is 28.8 Å². The molecule has 0 N–H and O–H groups in total. The van der Waals surface area contributed by atoms with Crippen molar-refractivity contribution < 1.29 is 8.78 Å². The molecule has 2 rings (SSSR count). The van der Waals surface area contributed by atoms with Gasteiger partial charge in [-0.2, -0.15) is 0 Å². The highest BCUT2D eigenvalue weighted by atomic mass is 127. The standard InChI is InChI=1S/C8H4F2IN/c9-5-3-4-1-2-12-8(4)6(10)7(5)11/h2-3H,1H2. The minimum atomic E-state index is -0.542. The van der Waals surface area contributed by atoms with Gasteiger partial charge in [0.05, 0.1) is 3.57 Å². The van der Waals surface area contributed by atoms with Crippen LogP contribution in [0.25, 0.3) is 0 Å². The zero-order valence-electron chi connectivity index (χ0n) is 5.94. The molecule has 0 radical (unpaired) electrons. The van der Waals surface area contributed by atoms with Gasteiger partial charge in [-0.05, 0) is 34.2 Å². The highest BCUT2D eigenvalue weighted by Crippen LogP contribution is 2.32. The van der Waals surface area contributed by atoms with Gasteiger partial charge in [-0.25, -0.2) is 8.78 Å². The Morgan fingerprint density at radius 1 is 1.42 bits per heavy atom. The molecule has 0 saturated carbocycles. The second-order valence-electron chi connectivity index (χ2n) is 2.51. The quantitative estimate of drug-likeness (QED) is 0.511. The summed E-state index contributed by atoms with van der Waals surface area (Å²) in [5.74, 6) is -1.04. The Hall–Kier alpha value is -0.520. The summed E-state index contributed by atoms with van der Waals surface area (Å²) >= 11 is 1.64. The van der Waals surface area contributed by atoms with E-state index >= 15 is 0 Å². The monoisotopic (exact) mass is 279 g/mol. The zero-order chi connectivity index (χ0) is 8.72. The smallest absolute Gasteiger partial charge is 0.165 e. The Balaban J connectivity index is 2.73. The molecule has 62 valence electrons. The van der Waals surface area contributed by atoms with E-state index in [0.29, 0.717) is 17.7 Å². The number of halogens is 3. The first-order valence-electron chi connectivity index (χ1n) is 3.39. The van der Waals surface area contributed by atoms with Gasteiger partial charge in [0.1, 0.15) is 11.5 Å².